The fraction of sp³-hybridized carbons (Fsp3) is 0.500. The van der Waals surface area contributed by atoms with Gasteiger partial charge in [-0.3, -0.25) is 4.98 Å². The summed E-state index contributed by atoms with van der Waals surface area (Å²) in [5, 5.41) is 10.5. The lowest BCUT2D eigenvalue weighted by Crippen LogP contribution is -2.62. The molecule has 1 saturated carbocycles. The van der Waals surface area contributed by atoms with E-state index >= 15 is 0 Å². The third-order valence-corrected chi connectivity index (χ3v) is 5.84. The van der Waals surface area contributed by atoms with Gasteiger partial charge < -0.3 is 14.7 Å². The normalized spacial score (nSPS) is 19.8. The number of alkyl halides is 3. The predicted octanol–water partition coefficient (Wildman–Crippen LogP) is 3.84. The molecule has 5 nitrogen and oxygen atoms in total. The Morgan fingerprint density at radius 1 is 1.25 bits per heavy atom. The molecule has 8 heteroatoms. The number of aliphatic hydroxyl groups is 1. The zero-order valence-corrected chi connectivity index (χ0v) is 15.5. The van der Waals surface area contributed by atoms with Gasteiger partial charge in [-0.15, -0.1) is 0 Å². The topological polar surface area (TPSA) is 58.5 Å². The van der Waals surface area contributed by atoms with Crippen molar-refractivity contribution in [2.45, 2.75) is 31.5 Å². The first-order chi connectivity index (χ1) is 13.3. The van der Waals surface area contributed by atoms with E-state index in [9.17, 15) is 18.3 Å². The number of pyridine rings is 2. The van der Waals surface area contributed by atoms with Crippen molar-refractivity contribution < 1.29 is 23.0 Å². The van der Waals surface area contributed by atoms with E-state index in [2.05, 4.69) is 14.9 Å². The van der Waals surface area contributed by atoms with Gasteiger partial charge in [0.25, 0.3) is 0 Å². The molecule has 2 aromatic rings. The highest BCUT2D eigenvalue weighted by atomic mass is 19.4. The Morgan fingerprint density at radius 2 is 2.00 bits per heavy atom. The number of hydrogen-bond acceptors (Lipinski definition) is 5. The van der Waals surface area contributed by atoms with Gasteiger partial charge in [0.05, 0.1) is 25.1 Å². The van der Waals surface area contributed by atoms with E-state index in [1.807, 2.05) is 0 Å². The standard InChI is InChI=1S/C20H22F3N3O2/c1-28-17-4-5-24-10-15(17)16(27)6-13-7-19(8-13)11-26(12-19)14-2-3-18(25-9-14)20(21,22)23/h2-5,9-10,13,16,27H,6-8,11-12H2,1H3. The minimum absolute atomic E-state index is 0.214. The molecular formula is C20H22F3N3O2. The summed E-state index contributed by atoms with van der Waals surface area (Å²) in [5.41, 5.74) is 0.778. The monoisotopic (exact) mass is 393 g/mol. The van der Waals surface area contributed by atoms with Crippen LogP contribution in [0.5, 0.6) is 5.75 Å². The number of ether oxygens (including phenoxy) is 1. The highest BCUT2D eigenvalue weighted by Crippen LogP contribution is 2.55. The Kier molecular flexibility index (Phi) is 4.69. The Balaban J connectivity index is 1.28. The van der Waals surface area contributed by atoms with Crippen molar-refractivity contribution in [1.29, 1.82) is 0 Å². The van der Waals surface area contributed by atoms with Gasteiger partial charge in [0, 0.05) is 36.5 Å². The van der Waals surface area contributed by atoms with Crippen LogP contribution in [-0.2, 0) is 6.18 Å². The quantitative estimate of drug-likeness (QED) is 0.836. The molecule has 0 aromatic carbocycles. The molecule has 2 aromatic heterocycles. The molecule has 0 radical (unpaired) electrons. The van der Waals surface area contributed by atoms with Crippen LogP contribution < -0.4 is 9.64 Å². The lowest BCUT2D eigenvalue weighted by Gasteiger charge is -2.60. The van der Waals surface area contributed by atoms with Crippen LogP contribution in [0.25, 0.3) is 0 Å². The van der Waals surface area contributed by atoms with E-state index in [4.69, 9.17) is 4.74 Å². The summed E-state index contributed by atoms with van der Waals surface area (Å²) >= 11 is 0. The van der Waals surface area contributed by atoms with Gasteiger partial charge in [0.15, 0.2) is 0 Å². The number of halogens is 3. The van der Waals surface area contributed by atoms with Crippen LogP contribution in [0.1, 0.15) is 36.6 Å². The maximum absolute atomic E-state index is 12.6. The average Bonchev–Trinajstić information content (AvgIpc) is 2.61. The maximum atomic E-state index is 12.6. The van der Waals surface area contributed by atoms with Crippen LogP contribution in [0, 0.1) is 11.3 Å². The first-order valence-corrected chi connectivity index (χ1v) is 9.24. The highest BCUT2D eigenvalue weighted by Gasteiger charge is 2.52. The van der Waals surface area contributed by atoms with E-state index in [1.165, 1.54) is 12.3 Å². The molecule has 1 unspecified atom stereocenters. The van der Waals surface area contributed by atoms with Crippen LogP contribution in [0.3, 0.4) is 0 Å². The van der Waals surface area contributed by atoms with Crippen LogP contribution in [0.4, 0.5) is 18.9 Å². The molecule has 1 spiro atoms. The molecule has 2 fully saturated rings. The second-order valence-electron chi connectivity index (χ2n) is 7.90. The Morgan fingerprint density at radius 3 is 2.61 bits per heavy atom. The molecule has 1 aliphatic carbocycles. The molecule has 3 heterocycles. The van der Waals surface area contributed by atoms with E-state index in [-0.39, 0.29) is 5.41 Å². The third-order valence-electron chi connectivity index (χ3n) is 5.84. The second-order valence-corrected chi connectivity index (χ2v) is 7.90. The number of aliphatic hydroxyl groups excluding tert-OH is 1. The first-order valence-electron chi connectivity index (χ1n) is 9.24. The van der Waals surface area contributed by atoms with Gasteiger partial charge in [0.2, 0.25) is 0 Å². The summed E-state index contributed by atoms with van der Waals surface area (Å²) in [4.78, 5) is 9.65. The predicted molar refractivity (Wildman–Crippen MR) is 97.0 cm³/mol. The smallest absolute Gasteiger partial charge is 0.433 e. The summed E-state index contributed by atoms with van der Waals surface area (Å²) in [6.45, 7) is 1.64. The van der Waals surface area contributed by atoms with Gasteiger partial charge in [-0.1, -0.05) is 0 Å². The Hall–Kier alpha value is -2.35. The molecule has 150 valence electrons. The van der Waals surface area contributed by atoms with Gasteiger partial charge in [0.1, 0.15) is 11.4 Å². The largest absolute Gasteiger partial charge is 0.496 e. The van der Waals surface area contributed by atoms with Crippen LogP contribution in [0.15, 0.2) is 36.8 Å². The summed E-state index contributed by atoms with van der Waals surface area (Å²) in [7, 11) is 1.57. The minimum atomic E-state index is -4.41. The summed E-state index contributed by atoms with van der Waals surface area (Å²) in [6.07, 6.45) is 2.23. The molecule has 1 N–H and O–H groups in total. The van der Waals surface area contributed by atoms with Crippen LogP contribution >= 0.6 is 0 Å². The van der Waals surface area contributed by atoms with E-state index < -0.39 is 18.0 Å². The zero-order chi connectivity index (χ0) is 19.9. The third kappa shape index (κ3) is 3.53. The summed E-state index contributed by atoms with van der Waals surface area (Å²) < 4.78 is 43.1. The lowest BCUT2D eigenvalue weighted by atomic mass is 9.56. The van der Waals surface area contributed by atoms with E-state index in [1.54, 1.807) is 25.6 Å². The summed E-state index contributed by atoms with van der Waals surface area (Å²) in [6, 6.07) is 4.25. The molecule has 4 rings (SSSR count). The lowest BCUT2D eigenvalue weighted by molar-refractivity contribution is -0.141. The molecule has 0 amide bonds. The average molecular weight is 393 g/mol. The van der Waals surface area contributed by atoms with Crippen molar-refractivity contribution in [3.05, 3.63) is 48.0 Å². The van der Waals surface area contributed by atoms with Crippen molar-refractivity contribution in [3.8, 4) is 5.75 Å². The Labute approximate surface area is 161 Å². The highest BCUT2D eigenvalue weighted by molar-refractivity contribution is 5.49. The van der Waals surface area contributed by atoms with Crippen molar-refractivity contribution in [2.75, 3.05) is 25.1 Å². The number of rotatable bonds is 5. The van der Waals surface area contributed by atoms with E-state index in [0.29, 0.717) is 23.7 Å². The SMILES string of the molecule is COc1ccncc1C(O)CC1CC2(C1)CN(c1ccc(C(F)(F)F)nc1)C2. The maximum Gasteiger partial charge on any atom is 0.433 e. The number of nitrogens with zero attached hydrogens (tertiary/aromatic N) is 3. The number of hydrogen-bond donors (Lipinski definition) is 1. The molecule has 1 aliphatic heterocycles. The first kappa shape index (κ1) is 19.0. The molecule has 1 atom stereocenters. The van der Waals surface area contributed by atoms with Gasteiger partial charge >= 0.3 is 6.18 Å². The van der Waals surface area contributed by atoms with E-state index in [0.717, 1.165) is 37.7 Å². The summed E-state index contributed by atoms with van der Waals surface area (Å²) in [5.74, 6) is 1.06. The van der Waals surface area contributed by atoms with Crippen molar-refractivity contribution in [1.82, 2.24) is 9.97 Å². The molecule has 28 heavy (non-hydrogen) atoms. The number of aromatic nitrogens is 2. The van der Waals surface area contributed by atoms with Crippen molar-refractivity contribution >= 4 is 5.69 Å². The van der Waals surface area contributed by atoms with Crippen LogP contribution in [-0.4, -0.2) is 35.3 Å². The van der Waals surface area contributed by atoms with Crippen molar-refractivity contribution in [2.24, 2.45) is 11.3 Å². The fourth-order valence-electron chi connectivity index (χ4n) is 4.55. The molecule has 0 bridgehead atoms. The molecule has 2 aliphatic rings. The van der Waals surface area contributed by atoms with Gasteiger partial charge in [-0.05, 0) is 43.4 Å². The fourth-order valence-corrected chi connectivity index (χ4v) is 4.55. The van der Waals surface area contributed by atoms with Crippen LogP contribution in [0.2, 0.25) is 0 Å². The number of anilines is 1. The van der Waals surface area contributed by atoms with Crippen molar-refractivity contribution in [3.63, 3.8) is 0 Å². The Bertz CT molecular complexity index is 827. The van der Waals surface area contributed by atoms with Gasteiger partial charge in [-0.25, -0.2) is 4.98 Å². The number of methoxy groups -OCH3 is 1. The molecular weight excluding hydrogens is 371 g/mol. The minimum Gasteiger partial charge on any atom is -0.496 e. The zero-order valence-electron chi connectivity index (χ0n) is 15.5. The molecule has 1 saturated heterocycles. The second kappa shape index (κ2) is 6.92. The van der Waals surface area contributed by atoms with Gasteiger partial charge in [-0.2, -0.15) is 13.2 Å².